The first-order chi connectivity index (χ1) is 9.65. The predicted molar refractivity (Wildman–Crippen MR) is 81.5 cm³/mol. The molecule has 0 fully saturated rings. The number of methoxy groups -OCH3 is 1. The summed E-state index contributed by atoms with van der Waals surface area (Å²) in [5, 5.41) is 0. The van der Waals surface area contributed by atoms with Gasteiger partial charge in [-0.2, -0.15) is 4.72 Å². The molecule has 0 amide bonds. The van der Waals surface area contributed by atoms with Crippen LogP contribution >= 0.6 is 0 Å². The minimum atomic E-state index is -3.76. The van der Waals surface area contributed by atoms with Gasteiger partial charge < -0.3 is 4.74 Å². The van der Waals surface area contributed by atoms with E-state index >= 15 is 0 Å². The first-order valence-electron chi connectivity index (χ1n) is 6.84. The third-order valence-corrected chi connectivity index (χ3v) is 4.45. The zero-order valence-electron chi connectivity index (χ0n) is 13.1. The Bertz CT molecular complexity index is 588. The van der Waals surface area contributed by atoms with Crippen LogP contribution in [0.15, 0.2) is 23.1 Å². The van der Waals surface area contributed by atoms with Crippen molar-refractivity contribution in [1.29, 1.82) is 0 Å². The highest BCUT2D eigenvalue weighted by molar-refractivity contribution is 7.89. The fourth-order valence-electron chi connectivity index (χ4n) is 2.15. The Morgan fingerprint density at radius 1 is 1.19 bits per heavy atom. The number of aryl methyl sites for hydroxylation is 2. The Balaban J connectivity index is 3.08. The van der Waals surface area contributed by atoms with Crippen LogP contribution in [0.5, 0.6) is 0 Å². The van der Waals surface area contributed by atoms with Gasteiger partial charge in [-0.25, -0.2) is 8.42 Å². The molecule has 0 radical (unpaired) electrons. The van der Waals surface area contributed by atoms with Crippen molar-refractivity contribution >= 4 is 16.0 Å². The van der Waals surface area contributed by atoms with Crippen molar-refractivity contribution in [2.45, 2.75) is 45.1 Å². The highest BCUT2D eigenvalue weighted by Gasteiger charge is 2.27. The Hall–Kier alpha value is -1.40. The van der Waals surface area contributed by atoms with Crippen LogP contribution in [0.3, 0.4) is 0 Å². The molecule has 0 heterocycles. The van der Waals surface area contributed by atoms with Crippen molar-refractivity contribution < 1.29 is 17.9 Å². The number of hydrogen-bond donors (Lipinski definition) is 1. The maximum absolute atomic E-state index is 12.4. The Morgan fingerprint density at radius 2 is 1.71 bits per heavy atom. The zero-order chi connectivity index (χ0) is 16.2. The van der Waals surface area contributed by atoms with Crippen molar-refractivity contribution in [2.75, 3.05) is 7.11 Å². The van der Waals surface area contributed by atoms with Crippen LogP contribution in [-0.4, -0.2) is 27.5 Å². The van der Waals surface area contributed by atoms with E-state index in [4.69, 9.17) is 0 Å². The molecule has 0 aliphatic rings. The highest BCUT2D eigenvalue weighted by atomic mass is 32.2. The summed E-state index contributed by atoms with van der Waals surface area (Å²) in [6, 6.07) is 4.18. The summed E-state index contributed by atoms with van der Waals surface area (Å²) >= 11 is 0. The average molecular weight is 313 g/mol. The van der Waals surface area contributed by atoms with E-state index in [2.05, 4.69) is 9.46 Å². The summed E-state index contributed by atoms with van der Waals surface area (Å²) in [6.07, 6.45) is 0.386. The molecule has 0 aliphatic heterocycles. The number of esters is 1. The molecule has 0 aromatic heterocycles. The summed E-state index contributed by atoms with van der Waals surface area (Å²) in [5.41, 5.74) is 1.71. The summed E-state index contributed by atoms with van der Waals surface area (Å²) < 4.78 is 32.0. The van der Waals surface area contributed by atoms with Gasteiger partial charge in [0, 0.05) is 0 Å². The van der Waals surface area contributed by atoms with Gasteiger partial charge in [0.1, 0.15) is 6.04 Å². The monoisotopic (exact) mass is 313 g/mol. The molecule has 118 valence electrons. The highest BCUT2D eigenvalue weighted by Crippen LogP contribution is 2.16. The number of benzene rings is 1. The lowest BCUT2D eigenvalue weighted by Crippen LogP contribution is -2.42. The van der Waals surface area contributed by atoms with Crippen LogP contribution in [0, 0.1) is 19.8 Å². The molecule has 5 nitrogen and oxygen atoms in total. The number of rotatable bonds is 6. The molecule has 1 unspecified atom stereocenters. The number of ether oxygens (including phenoxy) is 1. The van der Waals surface area contributed by atoms with E-state index < -0.39 is 22.0 Å². The molecule has 0 saturated carbocycles. The van der Waals surface area contributed by atoms with Crippen molar-refractivity contribution in [1.82, 2.24) is 4.72 Å². The third kappa shape index (κ3) is 5.13. The van der Waals surface area contributed by atoms with E-state index in [0.717, 1.165) is 11.1 Å². The maximum Gasteiger partial charge on any atom is 0.323 e. The van der Waals surface area contributed by atoms with Crippen LogP contribution in [0.2, 0.25) is 0 Å². The van der Waals surface area contributed by atoms with Gasteiger partial charge in [0.2, 0.25) is 10.0 Å². The van der Waals surface area contributed by atoms with Crippen LogP contribution in [0.4, 0.5) is 0 Å². The van der Waals surface area contributed by atoms with E-state index in [0.29, 0.717) is 6.42 Å². The van der Waals surface area contributed by atoms with Crippen molar-refractivity contribution in [3.63, 3.8) is 0 Å². The number of hydrogen-bond acceptors (Lipinski definition) is 4. The van der Waals surface area contributed by atoms with Crippen molar-refractivity contribution in [3.8, 4) is 0 Å². The Labute approximate surface area is 126 Å². The van der Waals surface area contributed by atoms with Gasteiger partial charge >= 0.3 is 5.97 Å². The number of carbonyl (C=O) groups excluding carboxylic acids is 1. The van der Waals surface area contributed by atoms with Crippen LogP contribution in [-0.2, 0) is 19.6 Å². The van der Waals surface area contributed by atoms with Gasteiger partial charge in [-0.3, -0.25) is 4.79 Å². The summed E-state index contributed by atoms with van der Waals surface area (Å²) in [5.74, 6) is -0.410. The largest absolute Gasteiger partial charge is 0.468 e. The first kappa shape index (κ1) is 17.7. The SMILES string of the molecule is COC(=O)C(CC(C)C)NS(=O)(=O)c1cc(C)cc(C)c1. The smallest absolute Gasteiger partial charge is 0.323 e. The van der Waals surface area contributed by atoms with Gasteiger partial charge in [0.15, 0.2) is 0 Å². The van der Waals surface area contributed by atoms with E-state index in [1.807, 2.05) is 33.8 Å². The average Bonchev–Trinajstić information content (AvgIpc) is 2.35. The lowest BCUT2D eigenvalue weighted by atomic mass is 10.1. The fourth-order valence-corrected chi connectivity index (χ4v) is 3.53. The van der Waals surface area contributed by atoms with E-state index in [-0.39, 0.29) is 10.8 Å². The zero-order valence-corrected chi connectivity index (χ0v) is 14.0. The molecule has 1 atom stereocenters. The van der Waals surface area contributed by atoms with Gasteiger partial charge in [0.05, 0.1) is 12.0 Å². The second kappa shape index (κ2) is 7.04. The molecule has 1 rings (SSSR count). The second-order valence-electron chi connectivity index (χ2n) is 5.65. The van der Waals surface area contributed by atoms with Crippen LogP contribution in [0.1, 0.15) is 31.4 Å². The van der Waals surface area contributed by atoms with E-state index in [1.54, 1.807) is 12.1 Å². The standard InChI is InChI=1S/C15H23NO4S/c1-10(2)6-14(15(17)20-5)16-21(18,19)13-8-11(3)7-12(4)9-13/h7-10,14,16H,6H2,1-5H3. The van der Waals surface area contributed by atoms with Crippen LogP contribution < -0.4 is 4.72 Å². The fraction of sp³-hybridized carbons (Fsp3) is 0.533. The predicted octanol–water partition coefficient (Wildman–Crippen LogP) is 2.17. The molecule has 1 N–H and O–H groups in total. The molecule has 6 heteroatoms. The molecule has 0 aliphatic carbocycles. The third-order valence-electron chi connectivity index (χ3n) is 3.00. The van der Waals surface area contributed by atoms with Gasteiger partial charge in [-0.1, -0.05) is 19.9 Å². The minimum Gasteiger partial charge on any atom is -0.468 e. The maximum atomic E-state index is 12.4. The first-order valence-corrected chi connectivity index (χ1v) is 8.32. The number of nitrogens with one attached hydrogen (secondary N) is 1. The molecule has 21 heavy (non-hydrogen) atoms. The van der Waals surface area contributed by atoms with Crippen molar-refractivity contribution in [2.24, 2.45) is 5.92 Å². The van der Waals surface area contributed by atoms with Crippen LogP contribution in [0.25, 0.3) is 0 Å². The summed E-state index contributed by atoms with van der Waals surface area (Å²) in [7, 11) is -2.51. The molecule has 0 saturated heterocycles. The molecule has 1 aromatic rings. The lowest BCUT2D eigenvalue weighted by molar-refractivity contribution is -0.143. The summed E-state index contributed by atoms with van der Waals surface area (Å²) in [6.45, 7) is 7.50. The van der Waals surface area contributed by atoms with Gasteiger partial charge in [-0.05, 0) is 49.4 Å². The van der Waals surface area contributed by atoms with E-state index in [9.17, 15) is 13.2 Å². The minimum absolute atomic E-state index is 0.163. The molecule has 1 aromatic carbocycles. The van der Waals surface area contributed by atoms with Gasteiger partial charge in [-0.15, -0.1) is 0 Å². The molecular weight excluding hydrogens is 290 g/mol. The molecular formula is C15H23NO4S. The topological polar surface area (TPSA) is 72.5 Å². The van der Waals surface area contributed by atoms with Crippen molar-refractivity contribution in [3.05, 3.63) is 29.3 Å². The molecule has 0 spiro atoms. The second-order valence-corrected chi connectivity index (χ2v) is 7.36. The Kier molecular flexibility index (Phi) is 5.92. The number of carbonyl (C=O) groups is 1. The normalized spacial score (nSPS) is 13.2. The lowest BCUT2D eigenvalue weighted by Gasteiger charge is -2.18. The van der Waals surface area contributed by atoms with Gasteiger partial charge in [0.25, 0.3) is 0 Å². The Morgan fingerprint density at radius 3 is 2.14 bits per heavy atom. The molecule has 0 bridgehead atoms. The number of sulfonamides is 1. The quantitative estimate of drug-likeness (QED) is 0.817. The van der Waals surface area contributed by atoms with E-state index in [1.165, 1.54) is 7.11 Å². The summed E-state index contributed by atoms with van der Waals surface area (Å²) in [4.78, 5) is 11.9.